The van der Waals surface area contributed by atoms with Gasteiger partial charge >= 0.3 is 5.97 Å². The maximum atomic E-state index is 13.0. The molecule has 0 unspecified atom stereocenters. The van der Waals surface area contributed by atoms with E-state index in [9.17, 15) is 28.1 Å². The number of rotatable bonds is 8. The van der Waals surface area contributed by atoms with E-state index in [1.54, 1.807) is 37.3 Å². The topological polar surface area (TPSA) is 136 Å². The number of benzene rings is 3. The van der Waals surface area contributed by atoms with E-state index < -0.39 is 33.4 Å². The van der Waals surface area contributed by atoms with Gasteiger partial charge in [-0.05, 0) is 55.8 Å². The Morgan fingerprint density at radius 3 is 2.31 bits per heavy atom. The summed E-state index contributed by atoms with van der Waals surface area (Å²) in [4.78, 5) is 35.1. The van der Waals surface area contributed by atoms with Crippen LogP contribution in [0.15, 0.2) is 71.6 Å². The van der Waals surface area contributed by atoms with Crippen LogP contribution in [0.1, 0.15) is 21.5 Å². The van der Waals surface area contributed by atoms with Crippen LogP contribution in [0.4, 0.5) is 17.1 Å². The van der Waals surface area contributed by atoms with Gasteiger partial charge in [-0.25, -0.2) is 13.2 Å². The van der Waals surface area contributed by atoms with Gasteiger partial charge in [0, 0.05) is 13.1 Å². The number of hydrogen-bond acceptors (Lipinski definition) is 7. The summed E-state index contributed by atoms with van der Waals surface area (Å²) < 4.78 is 32.1. The van der Waals surface area contributed by atoms with Crippen molar-refractivity contribution < 1.29 is 27.7 Å². The molecule has 3 aromatic carbocycles. The van der Waals surface area contributed by atoms with E-state index in [0.29, 0.717) is 11.3 Å². The van der Waals surface area contributed by atoms with Crippen LogP contribution in [0.5, 0.6) is 0 Å². The van der Waals surface area contributed by atoms with Crippen molar-refractivity contribution in [3.05, 3.63) is 93.5 Å². The second-order valence-corrected chi connectivity index (χ2v) is 9.71. The van der Waals surface area contributed by atoms with Gasteiger partial charge in [0.2, 0.25) is 0 Å². The van der Waals surface area contributed by atoms with E-state index in [0.717, 1.165) is 15.9 Å². The normalized spacial score (nSPS) is 10.9. The molecule has 1 N–H and O–H groups in total. The standard InChI is InChI=1S/C24H23N3O7S/c1-16-7-10-19(11-8-16)26(3)35(32,33)20-6-4-5-18(14-20)24(29)34-15-23(28)25-21-12-9-17(2)13-22(21)27(30)31/h4-14H,15H2,1-3H3,(H,25,28). The van der Waals surface area contributed by atoms with Gasteiger partial charge in [-0.3, -0.25) is 19.2 Å². The Morgan fingerprint density at radius 1 is 1.00 bits per heavy atom. The zero-order chi connectivity index (χ0) is 25.8. The molecule has 1 amide bonds. The number of sulfonamides is 1. The molecule has 0 saturated carbocycles. The Labute approximate surface area is 202 Å². The van der Waals surface area contributed by atoms with Gasteiger partial charge in [0.15, 0.2) is 6.61 Å². The van der Waals surface area contributed by atoms with Crippen molar-refractivity contribution in [2.75, 3.05) is 23.3 Å². The molecule has 10 nitrogen and oxygen atoms in total. The van der Waals surface area contributed by atoms with Crippen LogP contribution in [0.2, 0.25) is 0 Å². The number of ether oxygens (including phenoxy) is 1. The zero-order valence-corrected chi connectivity index (χ0v) is 20.0. The molecular formula is C24H23N3O7S. The highest BCUT2D eigenvalue weighted by molar-refractivity contribution is 7.92. The number of amides is 1. The minimum Gasteiger partial charge on any atom is -0.452 e. The summed E-state index contributed by atoms with van der Waals surface area (Å²) in [7, 11) is -2.56. The first kappa shape index (κ1) is 25.4. The van der Waals surface area contributed by atoms with Gasteiger partial charge in [0.1, 0.15) is 5.69 Å². The first-order valence-corrected chi connectivity index (χ1v) is 11.8. The van der Waals surface area contributed by atoms with Crippen molar-refractivity contribution >= 4 is 39.0 Å². The SMILES string of the molecule is Cc1ccc(N(C)S(=O)(=O)c2cccc(C(=O)OCC(=O)Nc3ccc(C)cc3[N+](=O)[O-])c2)cc1. The Kier molecular flexibility index (Phi) is 7.50. The molecule has 35 heavy (non-hydrogen) atoms. The number of carbonyl (C=O) groups excluding carboxylic acids is 2. The molecule has 0 spiro atoms. The lowest BCUT2D eigenvalue weighted by atomic mass is 10.2. The molecule has 0 aromatic heterocycles. The molecule has 11 heteroatoms. The summed E-state index contributed by atoms with van der Waals surface area (Å²) in [6, 6.07) is 16.4. The van der Waals surface area contributed by atoms with Crippen molar-refractivity contribution in [3.63, 3.8) is 0 Å². The van der Waals surface area contributed by atoms with Crippen LogP contribution < -0.4 is 9.62 Å². The largest absolute Gasteiger partial charge is 0.452 e. The van der Waals surface area contributed by atoms with Crippen molar-refractivity contribution in [2.45, 2.75) is 18.7 Å². The molecule has 0 atom stereocenters. The Hall–Kier alpha value is -4.25. The third-order valence-corrected chi connectivity index (χ3v) is 6.87. The highest BCUT2D eigenvalue weighted by Gasteiger charge is 2.23. The quantitative estimate of drug-likeness (QED) is 0.284. The molecule has 182 valence electrons. The maximum Gasteiger partial charge on any atom is 0.338 e. The Balaban J connectivity index is 1.70. The number of esters is 1. The molecule has 3 rings (SSSR count). The van der Waals surface area contributed by atoms with E-state index in [4.69, 9.17) is 4.74 Å². The second-order valence-electron chi connectivity index (χ2n) is 7.74. The number of nitro groups is 1. The molecule has 0 aliphatic rings. The van der Waals surface area contributed by atoms with Crippen molar-refractivity contribution in [1.29, 1.82) is 0 Å². The predicted molar refractivity (Wildman–Crippen MR) is 130 cm³/mol. The number of nitro benzene ring substituents is 1. The molecule has 3 aromatic rings. The van der Waals surface area contributed by atoms with Crippen molar-refractivity contribution in [1.82, 2.24) is 0 Å². The number of nitrogens with one attached hydrogen (secondary N) is 1. The van der Waals surface area contributed by atoms with E-state index in [1.165, 1.54) is 37.4 Å². The molecule has 0 heterocycles. The molecule has 0 aliphatic heterocycles. The van der Waals surface area contributed by atoms with Crippen molar-refractivity contribution in [3.8, 4) is 0 Å². The average Bonchev–Trinajstić information content (AvgIpc) is 2.83. The molecule has 0 fully saturated rings. The smallest absolute Gasteiger partial charge is 0.338 e. The molecular weight excluding hydrogens is 474 g/mol. The summed E-state index contributed by atoms with van der Waals surface area (Å²) in [5.74, 6) is -1.71. The lowest BCUT2D eigenvalue weighted by Gasteiger charge is -2.20. The first-order valence-electron chi connectivity index (χ1n) is 10.4. The Bertz CT molecular complexity index is 1390. The second kappa shape index (κ2) is 10.3. The van der Waals surface area contributed by atoms with E-state index in [2.05, 4.69) is 5.32 Å². The molecule has 0 saturated heterocycles. The summed E-state index contributed by atoms with van der Waals surface area (Å²) >= 11 is 0. The summed E-state index contributed by atoms with van der Waals surface area (Å²) in [6.07, 6.45) is 0. The van der Waals surface area contributed by atoms with Crippen LogP contribution in [0, 0.1) is 24.0 Å². The van der Waals surface area contributed by atoms with Crippen LogP contribution in [-0.2, 0) is 19.6 Å². The maximum absolute atomic E-state index is 13.0. The lowest BCUT2D eigenvalue weighted by molar-refractivity contribution is -0.384. The fourth-order valence-corrected chi connectivity index (χ4v) is 4.38. The summed E-state index contributed by atoms with van der Waals surface area (Å²) in [5, 5.41) is 13.5. The van der Waals surface area contributed by atoms with Crippen molar-refractivity contribution in [2.24, 2.45) is 0 Å². The lowest BCUT2D eigenvalue weighted by Crippen LogP contribution is -2.27. The number of aryl methyl sites for hydroxylation is 2. The highest BCUT2D eigenvalue weighted by Crippen LogP contribution is 2.25. The van der Waals surface area contributed by atoms with Gasteiger partial charge in [-0.1, -0.05) is 29.8 Å². The third kappa shape index (κ3) is 6.01. The molecule has 0 aliphatic carbocycles. The van der Waals surface area contributed by atoms with Crippen LogP contribution in [0.25, 0.3) is 0 Å². The Morgan fingerprint density at radius 2 is 1.66 bits per heavy atom. The van der Waals surface area contributed by atoms with E-state index in [-0.39, 0.29) is 21.8 Å². The van der Waals surface area contributed by atoms with Gasteiger partial charge in [-0.15, -0.1) is 0 Å². The average molecular weight is 498 g/mol. The van der Waals surface area contributed by atoms with E-state index >= 15 is 0 Å². The van der Waals surface area contributed by atoms with Gasteiger partial charge in [0.05, 0.1) is 21.1 Å². The number of hydrogen-bond donors (Lipinski definition) is 1. The number of carbonyl (C=O) groups is 2. The predicted octanol–water partition coefficient (Wildman–Crippen LogP) is 3.83. The zero-order valence-electron chi connectivity index (χ0n) is 19.2. The van der Waals surface area contributed by atoms with E-state index in [1.807, 2.05) is 6.92 Å². The fraction of sp³-hybridized carbons (Fsp3) is 0.167. The van der Waals surface area contributed by atoms with Crippen LogP contribution in [-0.4, -0.2) is 38.9 Å². The van der Waals surface area contributed by atoms with Gasteiger partial charge in [0.25, 0.3) is 21.6 Å². The van der Waals surface area contributed by atoms with Crippen LogP contribution in [0.3, 0.4) is 0 Å². The van der Waals surface area contributed by atoms with Gasteiger partial charge < -0.3 is 10.1 Å². The number of anilines is 2. The summed E-state index contributed by atoms with van der Waals surface area (Å²) in [6.45, 7) is 2.84. The molecule has 0 radical (unpaired) electrons. The van der Waals surface area contributed by atoms with Gasteiger partial charge in [-0.2, -0.15) is 0 Å². The van der Waals surface area contributed by atoms with Crippen LogP contribution >= 0.6 is 0 Å². The molecule has 0 bridgehead atoms. The fourth-order valence-electron chi connectivity index (χ4n) is 3.13. The minimum atomic E-state index is -3.97. The minimum absolute atomic E-state index is 0.0334. The summed E-state index contributed by atoms with van der Waals surface area (Å²) in [5.41, 5.74) is 1.67. The number of nitrogens with zero attached hydrogens (tertiary/aromatic N) is 2. The first-order chi connectivity index (χ1) is 16.5. The highest BCUT2D eigenvalue weighted by atomic mass is 32.2. The third-order valence-electron chi connectivity index (χ3n) is 5.08. The monoisotopic (exact) mass is 497 g/mol.